The van der Waals surface area contributed by atoms with E-state index in [1.165, 1.54) is 30.4 Å². The molecule has 1 unspecified atom stereocenters. The normalized spacial score (nSPS) is 17.7. The van der Waals surface area contributed by atoms with Gasteiger partial charge < -0.3 is 5.32 Å². The third-order valence-corrected chi connectivity index (χ3v) is 4.21. The Kier molecular flexibility index (Phi) is 5.63. The second-order valence-electron chi connectivity index (χ2n) is 6.40. The quantitative estimate of drug-likeness (QED) is 0.862. The second-order valence-corrected chi connectivity index (χ2v) is 6.40. The first kappa shape index (κ1) is 15.1. The predicted octanol–water partition coefficient (Wildman–Crippen LogP) is 4.01. The maximum atomic E-state index is 12.1. The highest BCUT2D eigenvalue weighted by atomic mass is 16.1. The summed E-state index contributed by atoms with van der Waals surface area (Å²) in [6.07, 6.45) is 7.82. The second kappa shape index (κ2) is 7.47. The molecule has 1 fully saturated rings. The molecule has 1 amide bonds. The van der Waals surface area contributed by atoms with Gasteiger partial charge in [-0.2, -0.15) is 0 Å². The third-order valence-electron chi connectivity index (χ3n) is 4.21. The number of nitrogens with one attached hydrogen (secondary N) is 1. The number of benzene rings is 1. The first-order chi connectivity index (χ1) is 9.63. The molecule has 1 atom stereocenters. The fraction of sp³-hybridized carbons (Fsp3) is 0.611. The Hall–Kier alpha value is -1.31. The van der Waals surface area contributed by atoms with Gasteiger partial charge >= 0.3 is 0 Å². The molecule has 1 saturated carbocycles. The van der Waals surface area contributed by atoms with Gasteiger partial charge in [0.15, 0.2) is 0 Å². The molecule has 0 aromatic heterocycles. The lowest BCUT2D eigenvalue weighted by Gasteiger charge is -2.23. The summed E-state index contributed by atoms with van der Waals surface area (Å²) in [6.45, 7) is 4.27. The van der Waals surface area contributed by atoms with E-state index in [-0.39, 0.29) is 5.91 Å². The van der Waals surface area contributed by atoms with Crippen molar-refractivity contribution in [3.05, 3.63) is 35.4 Å². The van der Waals surface area contributed by atoms with Crippen LogP contribution in [0.2, 0.25) is 0 Å². The van der Waals surface area contributed by atoms with E-state index in [1.807, 2.05) is 0 Å². The smallest absolute Gasteiger partial charge is 0.220 e. The fourth-order valence-corrected chi connectivity index (χ4v) is 3.05. The van der Waals surface area contributed by atoms with Crippen LogP contribution in [-0.2, 0) is 11.2 Å². The molecule has 1 aromatic rings. The van der Waals surface area contributed by atoms with Gasteiger partial charge in [-0.25, -0.2) is 0 Å². The summed E-state index contributed by atoms with van der Waals surface area (Å²) in [5.41, 5.74) is 2.62. The lowest BCUT2D eigenvalue weighted by molar-refractivity contribution is -0.122. The van der Waals surface area contributed by atoms with Crippen LogP contribution < -0.4 is 5.32 Å². The van der Waals surface area contributed by atoms with Crippen LogP contribution in [0.25, 0.3) is 0 Å². The van der Waals surface area contributed by atoms with Crippen LogP contribution in [0.15, 0.2) is 24.3 Å². The molecule has 2 rings (SSSR count). The van der Waals surface area contributed by atoms with Gasteiger partial charge in [-0.15, -0.1) is 0 Å². The first-order valence-electron chi connectivity index (χ1n) is 7.98. The van der Waals surface area contributed by atoms with Gasteiger partial charge in [0.05, 0.1) is 0 Å². The van der Waals surface area contributed by atoms with E-state index >= 15 is 0 Å². The van der Waals surface area contributed by atoms with Crippen LogP contribution in [-0.4, -0.2) is 11.9 Å². The Labute approximate surface area is 123 Å². The van der Waals surface area contributed by atoms with Crippen LogP contribution in [0.5, 0.6) is 0 Å². The van der Waals surface area contributed by atoms with Gasteiger partial charge in [0.2, 0.25) is 5.91 Å². The molecule has 0 bridgehead atoms. The van der Waals surface area contributed by atoms with Crippen molar-refractivity contribution in [2.75, 3.05) is 0 Å². The van der Waals surface area contributed by atoms with E-state index < -0.39 is 0 Å². The van der Waals surface area contributed by atoms with Crippen molar-refractivity contribution in [2.24, 2.45) is 5.92 Å². The average Bonchev–Trinajstić information content (AvgIpc) is 2.42. The Morgan fingerprint density at radius 1 is 1.20 bits per heavy atom. The predicted molar refractivity (Wildman–Crippen MR) is 83.7 cm³/mol. The topological polar surface area (TPSA) is 29.1 Å². The summed E-state index contributed by atoms with van der Waals surface area (Å²) >= 11 is 0. The number of hydrogen-bond donors (Lipinski definition) is 1. The maximum absolute atomic E-state index is 12.1. The number of aryl methyl sites for hydroxylation is 1. The van der Waals surface area contributed by atoms with Gasteiger partial charge in [-0.1, -0.05) is 56.0 Å². The molecule has 1 aliphatic rings. The number of rotatable bonds is 5. The molecule has 1 aliphatic carbocycles. The van der Waals surface area contributed by atoms with Crippen LogP contribution in [0, 0.1) is 12.8 Å². The summed E-state index contributed by atoms with van der Waals surface area (Å²) in [6, 6.07) is 9.06. The zero-order valence-electron chi connectivity index (χ0n) is 12.8. The summed E-state index contributed by atoms with van der Waals surface area (Å²) < 4.78 is 0. The van der Waals surface area contributed by atoms with Gasteiger partial charge in [-0.3, -0.25) is 4.79 Å². The Morgan fingerprint density at radius 2 is 1.85 bits per heavy atom. The van der Waals surface area contributed by atoms with Crippen molar-refractivity contribution in [3.8, 4) is 0 Å². The van der Waals surface area contributed by atoms with Crippen molar-refractivity contribution in [1.82, 2.24) is 5.32 Å². The molecule has 1 N–H and O–H groups in total. The van der Waals surface area contributed by atoms with Gasteiger partial charge in [0, 0.05) is 12.5 Å². The van der Waals surface area contributed by atoms with Crippen LogP contribution in [0.4, 0.5) is 0 Å². The molecule has 20 heavy (non-hydrogen) atoms. The molecule has 0 spiro atoms. The SMILES string of the molecule is Cc1ccc(CC(C)CC(=O)NC2CCCCC2)cc1. The zero-order valence-corrected chi connectivity index (χ0v) is 12.8. The molecule has 0 aliphatic heterocycles. The summed E-state index contributed by atoms with van der Waals surface area (Å²) in [7, 11) is 0. The lowest BCUT2D eigenvalue weighted by Crippen LogP contribution is -2.36. The molecule has 0 saturated heterocycles. The first-order valence-corrected chi connectivity index (χ1v) is 7.98. The Bertz CT molecular complexity index is 418. The van der Waals surface area contributed by atoms with E-state index in [9.17, 15) is 4.79 Å². The van der Waals surface area contributed by atoms with Gasteiger partial charge in [0.1, 0.15) is 0 Å². The number of hydrogen-bond acceptors (Lipinski definition) is 1. The third kappa shape index (κ3) is 4.99. The minimum absolute atomic E-state index is 0.233. The van der Waals surface area contributed by atoms with Crippen molar-refractivity contribution >= 4 is 5.91 Å². The van der Waals surface area contributed by atoms with E-state index in [0.29, 0.717) is 18.4 Å². The van der Waals surface area contributed by atoms with Crippen molar-refractivity contribution < 1.29 is 4.79 Å². The fourth-order valence-electron chi connectivity index (χ4n) is 3.05. The van der Waals surface area contributed by atoms with Crippen LogP contribution in [0.3, 0.4) is 0 Å². The Balaban J connectivity index is 1.74. The molecule has 2 nitrogen and oxygen atoms in total. The van der Waals surface area contributed by atoms with Gasteiger partial charge in [-0.05, 0) is 37.7 Å². The maximum Gasteiger partial charge on any atom is 0.220 e. The van der Waals surface area contributed by atoms with Crippen molar-refractivity contribution in [3.63, 3.8) is 0 Å². The lowest BCUT2D eigenvalue weighted by atomic mass is 9.94. The molecule has 1 aromatic carbocycles. The van der Waals surface area contributed by atoms with E-state index in [0.717, 1.165) is 19.3 Å². The minimum atomic E-state index is 0.233. The molecule has 110 valence electrons. The molecule has 2 heteroatoms. The van der Waals surface area contributed by atoms with Crippen LogP contribution >= 0.6 is 0 Å². The van der Waals surface area contributed by atoms with Crippen molar-refractivity contribution in [2.45, 2.75) is 64.8 Å². The summed E-state index contributed by atoms with van der Waals surface area (Å²) in [4.78, 5) is 12.1. The highest BCUT2D eigenvalue weighted by Gasteiger charge is 2.17. The van der Waals surface area contributed by atoms with E-state index in [2.05, 4.69) is 43.4 Å². The monoisotopic (exact) mass is 273 g/mol. The molecular formula is C18H27NO. The highest BCUT2D eigenvalue weighted by molar-refractivity contribution is 5.76. The molecule has 0 radical (unpaired) electrons. The van der Waals surface area contributed by atoms with Crippen molar-refractivity contribution in [1.29, 1.82) is 0 Å². The molecule has 0 heterocycles. The standard InChI is InChI=1S/C18H27NO/c1-14-8-10-16(11-9-14)12-15(2)13-18(20)19-17-6-4-3-5-7-17/h8-11,15,17H,3-7,12-13H2,1-2H3,(H,19,20). The van der Waals surface area contributed by atoms with E-state index in [1.54, 1.807) is 0 Å². The largest absolute Gasteiger partial charge is 0.353 e. The zero-order chi connectivity index (χ0) is 14.4. The minimum Gasteiger partial charge on any atom is -0.353 e. The average molecular weight is 273 g/mol. The highest BCUT2D eigenvalue weighted by Crippen LogP contribution is 2.18. The summed E-state index contributed by atoms with van der Waals surface area (Å²) in [5, 5.41) is 3.21. The number of carbonyl (C=O) groups is 1. The summed E-state index contributed by atoms with van der Waals surface area (Å²) in [5.74, 6) is 0.637. The Morgan fingerprint density at radius 3 is 2.50 bits per heavy atom. The number of amides is 1. The van der Waals surface area contributed by atoms with Gasteiger partial charge in [0.25, 0.3) is 0 Å². The van der Waals surface area contributed by atoms with E-state index in [4.69, 9.17) is 0 Å². The molecular weight excluding hydrogens is 246 g/mol. The number of carbonyl (C=O) groups excluding carboxylic acids is 1. The van der Waals surface area contributed by atoms with Crippen LogP contribution in [0.1, 0.15) is 56.6 Å².